The molecular formula is C55H86N7O14P. The number of hydrazine groups is 2. The van der Waals surface area contributed by atoms with Crippen molar-refractivity contribution in [1.82, 2.24) is 35.9 Å². The molecule has 21 nitrogen and oxygen atoms in total. The quantitative estimate of drug-likeness (QED) is 0.0272. The molecule has 1 heterocycles. The van der Waals surface area contributed by atoms with Gasteiger partial charge < -0.3 is 38.8 Å². The number of hydrogen-bond acceptors (Lipinski definition) is 13. The lowest BCUT2D eigenvalue weighted by Crippen LogP contribution is -2.54. The zero-order valence-corrected chi connectivity index (χ0v) is 47.9. The van der Waals surface area contributed by atoms with Crippen molar-refractivity contribution in [2.24, 2.45) is 35.5 Å². The van der Waals surface area contributed by atoms with E-state index >= 15 is 0 Å². The van der Waals surface area contributed by atoms with Crippen LogP contribution >= 0.6 is 7.44 Å². The molecule has 0 spiro atoms. The molecule has 430 valence electrons. The van der Waals surface area contributed by atoms with Crippen molar-refractivity contribution >= 4 is 54.5 Å². The van der Waals surface area contributed by atoms with Crippen molar-refractivity contribution in [3.8, 4) is 24.7 Å². The van der Waals surface area contributed by atoms with Crippen LogP contribution in [0.4, 0.5) is 0 Å². The minimum absolute atomic E-state index is 0.0329. The molecule has 0 saturated carbocycles. The Morgan fingerprint density at radius 2 is 1.40 bits per heavy atom. The van der Waals surface area contributed by atoms with Gasteiger partial charge in [0.15, 0.2) is 5.78 Å². The minimum Gasteiger partial charge on any atom is -0.481 e. The minimum atomic E-state index is -3.61. The van der Waals surface area contributed by atoms with Gasteiger partial charge >= 0.3 is 17.8 Å². The third-order valence-corrected chi connectivity index (χ3v) is 16.2. The summed E-state index contributed by atoms with van der Waals surface area (Å²) in [5.41, 5.74) is 4.97. The number of methoxy groups -OCH3 is 2. The van der Waals surface area contributed by atoms with Gasteiger partial charge in [-0.15, -0.1) is 12.8 Å². The second-order valence-electron chi connectivity index (χ2n) is 20.4. The average Bonchev–Trinajstić information content (AvgIpc) is 3.89. The number of carboxylic acids is 1. The van der Waals surface area contributed by atoms with Crippen molar-refractivity contribution in [2.75, 3.05) is 67.4 Å². The van der Waals surface area contributed by atoms with Gasteiger partial charge in [-0.05, 0) is 60.8 Å². The van der Waals surface area contributed by atoms with Crippen LogP contribution in [0.5, 0.6) is 0 Å². The Hall–Kier alpha value is -5.51. The maximum atomic E-state index is 14.7. The van der Waals surface area contributed by atoms with Gasteiger partial charge in [0.2, 0.25) is 25.2 Å². The number of carbonyl (C=O) groups is 8. The summed E-state index contributed by atoms with van der Waals surface area (Å²) in [5, 5.41) is 14.6. The Balaban J connectivity index is 2.08. The molecule has 1 saturated heterocycles. The molecule has 1 aliphatic heterocycles. The molecule has 0 aliphatic carbocycles. The molecule has 1 aromatic carbocycles. The standard InChI is InChI=1S/C55H86N7O14P/c1-14-38(8)52(46(73-12)35-50(68)62-26-20-24-43(62)53(74-13)39(9)44(63)33-41(55(70)71)32-40-22-18-17-19-23-40)61(11)54(69)42(36(4)5)34-45(64)51(37(6)7)60(10)49(67)25-28-76-30-29-75-27-21-31-77(72,58-56-47(65)15-2)59-57-48(66)16-3/h2-3,17-19,22-23,36-39,41-43,46,51-53H,14,20-21,24-35H2,1,4-13H3,(H,56,65)(H,57,66)(H,70,71)(H2,58,59,72)/t38-,39-,41+,42-,43-,46+,51-,52-,53+/m0/s1. The number of nitrogens with zero attached hydrogens (tertiary/aromatic N) is 3. The molecule has 77 heavy (non-hydrogen) atoms. The van der Waals surface area contributed by atoms with Crippen LogP contribution < -0.4 is 21.2 Å². The molecule has 1 aromatic rings. The van der Waals surface area contributed by atoms with E-state index in [1.54, 1.807) is 42.7 Å². The molecule has 0 radical (unpaired) electrons. The Kier molecular flexibility index (Phi) is 30.2. The number of Topliss-reactive ketones (excluding diaryl/α,β-unsaturated/α-hetero) is 2. The summed E-state index contributed by atoms with van der Waals surface area (Å²) in [4.78, 5) is 111. The van der Waals surface area contributed by atoms with Crippen molar-refractivity contribution in [1.29, 1.82) is 0 Å². The molecule has 1 aliphatic rings. The summed E-state index contributed by atoms with van der Waals surface area (Å²) < 4.78 is 36.3. The summed E-state index contributed by atoms with van der Waals surface area (Å²) in [7, 11) is 2.63. The molecule has 5 N–H and O–H groups in total. The second-order valence-corrected chi connectivity index (χ2v) is 22.8. The van der Waals surface area contributed by atoms with Crippen LogP contribution in [-0.2, 0) is 68.3 Å². The number of nitrogens with one attached hydrogen (secondary N) is 4. The summed E-state index contributed by atoms with van der Waals surface area (Å²) in [5.74, 6) is -3.69. The number of terminal acetylenes is 2. The third-order valence-electron chi connectivity index (χ3n) is 14.3. The van der Waals surface area contributed by atoms with E-state index in [0.29, 0.717) is 25.8 Å². The van der Waals surface area contributed by atoms with Crippen LogP contribution in [0.3, 0.4) is 0 Å². The van der Waals surface area contributed by atoms with E-state index in [4.69, 9.17) is 31.8 Å². The Labute approximate surface area is 456 Å². The predicted molar refractivity (Wildman–Crippen MR) is 290 cm³/mol. The summed E-state index contributed by atoms with van der Waals surface area (Å²) in [6.45, 7) is 14.0. The van der Waals surface area contributed by atoms with Crippen LogP contribution in [0.15, 0.2) is 30.3 Å². The lowest BCUT2D eigenvalue weighted by atomic mass is 9.83. The predicted octanol–water partition coefficient (Wildman–Crippen LogP) is 4.04. The molecule has 0 unspecified atom stereocenters. The van der Waals surface area contributed by atoms with Gasteiger partial charge in [0, 0.05) is 72.3 Å². The molecule has 2 rings (SSSR count). The van der Waals surface area contributed by atoms with Crippen molar-refractivity contribution < 1.29 is 67.0 Å². The van der Waals surface area contributed by atoms with Gasteiger partial charge in [0.05, 0.1) is 68.9 Å². The van der Waals surface area contributed by atoms with E-state index in [-0.39, 0.29) is 118 Å². The molecule has 1 fully saturated rings. The molecule has 0 aromatic heterocycles. The number of rotatable bonds is 37. The smallest absolute Gasteiger partial charge is 0.310 e. The van der Waals surface area contributed by atoms with Crippen LogP contribution in [0.1, 0.15) is 105 Å². The van der Waals surface area contributed by atoms with Gasteiger partial charge in [0.25, 0.3) is 0 Å². The molecule has 0 bridgehead atoms. The lowest BCUT2D eigenvalue weighted by Gasteiger charge is -2.41. The van der Waals surface area contributed by atoms with Crippen LogP contribution in [0.2, 0.25) is 0 Å². The first-order valence-corrected chi connectivity index (χ1v) is 28.3. The molecule has 5 amide bonds. The topological polar surface area (TPSA) is 269 Å². The zero-order valence-electron chi connectivity index (χ0n) is 47.0. The monoisotopic (exact) mass is 1100 g/mol. The Morgan fingerprint density at radius 3 is 1.92 bits per heavy atom. The van der Waals surface area contributed by atoms with Gasteiger partial charge in [-0.2, -0.15) is 10.4 Å². The average molecular weight is 1100 g/mol. The summed E-state index contributed by atoms with van der Waals surface area (Å²) in [6.07, 6.45) is 10.4. The molecule has 22 heteroatoms. The maximum Gasteiger partial charge on any atom is 0.310 e. The zero-order chi connectivity index (χ0) is 58.0. The van der Waals surface area contributed by atoms with Crippen LogP contribution in [-0.4, -0.2) is 165 Å². The fraction of sp³-hybridized carbons (Fsp3) is 0.673. The van der Waals surface area contributed by atoms with Crippen molar-refractivity contribution in [3.63, 3.8) is 0 Å². The number of carbonyl (C=O) groups excluding carboxylic acids is 7. The highest BCUT2D eigenvalue weighted by atomic mass is 31.2. The van der Waals surface area contributed by atoms with E-state index < -0.39 is 73.3 Å². The first kappa shape index (κ1) is 67.6. The highest BCUT2D eigenvalue weighted by Crippen LogP contribution is 2.35. The van der Waals surface area contributed by atoms with Gasteiger partial charge in [-0.3, -0.25) is 53.8 Å². The summed E-state index contributed by atoms with van der Waals surface area (Å²) in [6, 6.07) is 7.30. The Morgan fingerprint density at radius 1 is 0.805 bits per heavy atom. The van der Waals surface area contributed by atoms with Crippen molar-refractivity contribution in [2.45, 2.75) is 137 Å². The van der Waals surface area contributed by atoms with Crippen molar-refractivity contribution in [3.05, 3.63) is 35.9 Å². The highest BCUT2D eigenvalue weighted by Gasteiger charge is 2.44. The number of benzene rings is 1. The van der Waals surface area contributed by atoms with E-state index in [9.17, 15) is 48.0 Å². The second kappa shape index (κ2) is 34.4. The van der Waals surface area contributed by atoms with E-state index in [0.717, 1.165) is 5.56 Å². The van der Waals surface area contributed by atoms with Crippen LogP contribution in [0.25, 0.3) is 0 Å². The first-order valence-electron chi connectivity index (χ1n) is 26.4. The van der Waals surface area contributed by atoms with E-state index in [1.165, 1.54) is 19.1 Å². The van der Waals surface area contributed by atoms with E-state index in [1.807, 2.05) is 71.9 Å². The number of amides is 5. The number of hydrogen-bond donors (Lipinski definition) is 5. The van der Waals surface area contributed by atoms with Gasteiger partial charge in [0.1, 0.15) is 5.78 Å². The van der Waals surface area contributed by atoms with Gasteiger partial charge in [-0.25, -0.2) is 0 Å². The normalized spacial score (nSPS) is 16.7. The fourth-order valence-electron chi connectivity index (χ4n) is 9.85. The maximum absolute atomic E-state index is 14.7. The Bertz CT molecular complexity index is 2200. The highest BCUT2D eigenvalue weighted by molar-refractivity contribution is 7.59. The lowest BCUT2D eigenvalue weighted by molar-refractivity contribution is -0.150. The first-order chi connectivity index (χ1) is 36.4. The fourth-order valence-corrected chi connectivity index (χ4v) is 11.3. The largest absolute Gasteiger partial charge is 0.481 e. The number of likely N-dealkylation sites (N-methyl/N-ethyl adjacent to an activating group) is 2. The summed E-state index contributed by atoms with van der Waals surface area (Å²) >= 11 is 0. The number of carboxylic acid groups (broad SMARTS) is 1. The molecule has 9 atom stereocenters. The number of ether oxygens (including phenoxy) is 4. The number of likely N-dealkylation sites (tertiary alicyclic amines) is 1. The number of aliphatic carboxylic acids is 1. The third kappa shape index (κ3) is 21.7. The molecular weight excluding hydrogens is 1010 g/mol. The van der Waals surface area contributed by atoms with E-state index in [2.05, 4.69) is 21.2 Å². The SMILES string of the molecule is C#CC(=O)NNP(=O)(CCCOCCOCCC(=O)N(C)[C@H](C(=O)C[C@H](C(=O)N(C)[C@@H]([C@@H](C)CC)[C@@H](CC(=O)N1CCC[C@H]1[C@H](OC)[C@@H](C)C(=O)C[C@@H](Cc1ccccc1)C(=O)O)OC)C(C)C)C(C)C)NNC(=O)C#C. The van der Waals surface area contributed by atoms with Crippen LogP contribution in [0, 0.1) is 60.2 Å². The van der Waals surface area contributed by atoms with Gasteiger partial charge in [-0.1, -0.05) is 85.2 Å². The number of ketones is 2.